The minimum Gasteiger partial charge on any atom is -0.302 e. The highest BCUT2D eigenvalue weighted by molar-refractivity contribution is 5.34. The SMILES string of the molecule is CN(Cc1ccc(F)c(C#N)c1)C[C@@H]1CCCN(C)[C@H]1c1ccnn1C. The van der Waals surface area contributed by atoms with Crippen molar-refractivity contribution in [2.75, 3.05) is 27.2 Å². The largest absolute Gasteiger partial charge is 0.302 e. The Balaban J connectivity index is 1.72. The second-order valence-corrected chi connectivity index (χ2v) is 7.33. The average molecular weight is 355 g/mol. The fourth-order valence-electron chi connectivity index (χ4n) is 4.13. The number of benzene rings is 1. The number of aryl methyl sites for hydroxylation is 1. The molecule has 1 aliphatic heterocycles. The van der Waals surface area contributed by atoms with E-state index in [1.54, 1.807) is 12.1 Å². The van der Waals surface area contributed by atoms with E-state index in [4.69, 9.17) is 5.26 Å². The lowest BCUT2D eigenvalue weighted by molar-refractivity contribution is 0.0873. The van der Waals surface area contributed by atoms with Crippen LogP contribution < -0.4 is 0 Å². The van der Waals surface area contributed by atoms with Crippen molar-refractivity contribution in [3.63, 3.8) is 0 Å². The van der Waals surface area contributed by atoms with Crippen molar-refractivity contribution < 1.29 is 4.39 Å². The van der Waals surface area contributed by atoms with Gasteiger partial charge >= 0.3 is 0 Å². The number of likely N-dealkylation sites (tertiary alicyclic amines) is 1. The molecule has 1 saturated heterocycles. The smallest absolute Gasteiger partial charge is 0.140 e. The summed E-state index contributed by atoms with van der Waals surface area (Å²) in [5, 5.41) is 13.4. The number of rotatable bonds is 5. The van der Waals surface area contributed by atoms with Crippen molar-refractivity contribution in [3.05, 3.63) is 53.1 Å². The van der Waals surface area contributed by atoms with Gasteiger partial charge in [0.2, 0.25) is 0 Å². The van der Waals surface area contributed by atoms with Gasteiger partial charge in [-0.1, -0.05) is 6.07 Å². The zero-order chi connectivity index (χ0) is 18.7. The summed E-state index contributed by atoms with van der Waals surface area (Å²) in [7, 11) is 6.27. The fourth-order valence-corrected chi connectivity index (χ4v) is 4.13. The van der Waals surface area contributed by atoms with Crippen molar-refractivity contribution >= 4 is 0 Å². The van der Waals surface area contributed by atoms with E-state index in [2.05, 4.69) is 35.1 Å². The van der Waals surface area contributed by atoms with E-state index in [9.17, 15) is 4.39 Å². The molecule has 1 aromatic heterocycles. The molecular weight excluding hydrogens is 329 g/mol. The van der Waals surface area contributed by atoms with E-state index >= 15 is 0 Å². The number of piperidine rings is 1. The van der Waals surface area contributed by atoms with E-state index in [-0.39, 0.29) is 5.56 Å². The van der Waals surface area contributed by atoms with Gasteiger partial charge in [-0.3, -0.25) is 9.58 Å². The lowest BCUT2D eigenvalue weighted by atomic mass is 9.87. The van der Waals surface area contributed by atoms with Gasteiger partial charge in [0, 0.05) is 26.3 Å². The third-order valence-electron chi connectivity index (χ3n) is 5.32. The first-order valence-corrected chi connectivity index (χ1v) is 9.05. The number of halogens is 1. The molecule has 0 unspecified atom stereocenters. The van der Waals surface area contributed by atoms with Crippen LogP contribution in [-0.2, 0) is 13.6 Å². The minimum absolute atomic E-state index is 0.112. The summed E-state index contributed by atoms with van der Waals surface area (Å²) >= 11 is 0. The Bertz CT molecular complexity index is 794. The molecule has 0 aliphatic carbocycles. The Morgan fingerprint density at radius 3 is 2.85 bits per heavy atom. The average Bonchev–Trinajstić information content (AvgIpc) is 3.02. The summed E-state index contributed by atoms with van der Waals surface area (Å²) < 4.78 is 15.5. The predicted octanol–water partition coefficient (Wildman–Crippen LogP) is 2.95. The van der Waals surface area contributed by atoms with Crippen LogP contribution in [0.5, 0.6) is 0 Å². The second kappa shape index (κ2) is 7.98. The molecule has 2 heterocycles. The number of nitriles is 1. The zero-order valence-corrected chi connectivity index (χ0v) is 15.7. The van der Waals surface area contributed by atoms with Gasteiger partial charge in [0.05, 0.1) is 17.3 Å². The van der Waals surface area contributed by atoms with E-state index in [1.165, 1.54) is 24.6 Å². The normalized spacial score (nSPS) is 21.1. The molecule has 1 aliphatic rings. The van der Waals surface area contributed by atoms with Crippen LogP contribution in [-0.4, -0.2) is 46.8 Å². The van der Waals surface area contributed by atoms with Crippen molar-refractivity contribution in [3.8, 4) is 6.07 Å². The molecule has 1 aromatic carbocycles. The van der Waals surface area contributed by atoms with Crippen molar-refractivity contribution in [1.29, 1.82) is 5.26 Å². The van der Waals surface area contributed by atoms with Crippen LogP contribution >= 0.6 is 0 Å². The summed E-state index contributed by atoms with van der Waals surface area (Å²) in [4.78, 5) is 4.69. The molecule has 0 saturated carbocycles. The zero-order valence-electron chi connectivity index (χ0n) is 15.7. The van der Waals surface area contributed by atoms with Gasteiger partial charge in [-0.15, -0.1) is 0 Å². The first-order chi connectivity index (χ1) is 12.5. The van der Waals surface area contributed by atoms with Crippen LogP contribution in [0.3, 0.4) is 0 Å². The second-order valence-electron chi connectivity index (χ2n) is 7.33. The summed E-state index contributed by atoms with van der Waals surface area (Å²) in [5.74, 6) is 0.0501. The highest BCUT2D eigenvalue weighted by Gasteiger charge is 2.32. The molecule has 0 bridgehead atoms. The van der Waals surface area contributed by atoms with Gasteiger partial charge in [-0.2, -0.15) is 10.4 Å². The topological polar surface area (TPSA) is 48.1 Å². The first kappa shape index (κ1) is 18.6. The molecule has 0 N–H and O–H groups in total. The van der Waals surface area contributed by atoms with E-state index in [0.29, 0.717) is 18.5 Å². The van der Waals surface area contributed by atoms with Crippen LogP contribution in [0.25, 0.3) is 0 Å². The molecule has 6 heteroatoms. The molecule has 0 amide bonds. The molecule has 2 atom stereocenters. The quantitative estimate of drug-likeness (QED) is 0.827. The van der Waals surface area contributed by atoms with Crippen molar-refractivity contribution in [2.24, 2.45) is 13.0 Å². The molecule has 1 fully saturated rings. The Hall–Kier alpha value is -2.23. The van der Waals surface area contributed by atoms with Crippen LogP contribution in [0.4, 0.5) is 4.39 Å². The van der Waals surface area contributed by atoms with E-state index in [1.807, 2.05) is 24.0 Å². The number of aromatic nitrogens is 2. The molecule has 0 spiro atoms. The maximum atomic E-state index is 13.5. The Morgan fingerprint density at radius 2 is 2.15 bits per heavy atom. The molecular formula is C20H26FN5. The fraction of sp³-hybridized carbons (Fsp3) is 0.500. The maximum Gasteiger partial charge on any atom is 0.140 e. The van der Waals surface area contributed by atoms with Gasteiger partial charge in [-0.25, -0.2) is 4.39 Å². The number of hydrogen-bond acceptors (Lipinski definition) is 4. The summed E-state index contributed by atoms with van der Waals surface area (Å²) in [5.41, 5.74) is 2.33. The van der Waals surface area contributed by atoms with Crippen LogP contribution in [0.1, 0.15) is 35.7 Å². The molecule has 3 rings (SSSR count). The summed E-state index contributed by atoms with van der Waals surface area (Å²) in [6.45, 7) is 2.74. The predicted molar refractivity (Wildman–Crippen MR) is 98.8 cm³/mol. The van der Waals surface area contributed by atoms with Crippen molar-refractivity contribution in [1.82, 2.24) is 19.6 Å². The van der Waals surface area contributed by atoms with Gasteiger partial charge in [0.15, 0.2) is 0 Å². The molecule has 0 radical (unpaired) electrons. The Kier molecular flexibility index (Phi) is 5.70. The standard InChI is InChI=1S/C20H26FN5/c1-24(13-15-6-7-18(21)17(11-15)12-22)14-16-5-4-10-25(2)20(16)19-8-9-23-26(19)3/h6-9,11,16,20H,4-5,10,13-14H2,1-3H3/t16-,20+/m0/s1. The molecule has 138 valence electrons. The number of hydrogen-bond donors (Lipinski definition) is 0. The van der Waals surface area contributed by atoms with E-state index < -0.39 is 5.82 Å². The van der Waals surface area contributed by atoms with Crippen molar-refractivity contribution in [2.45, 2.75) is 25.4 Å². The summed E-state index contributed by atoms with van der Waals surface area (Å²) in [6.07, 6.45) is 4.23. The highest BCUT2D eigenvalue weighted by Crippen LogP contribution is 2.35. The summed E-state index contributed by atoms with van der Waals surface area (Å²) in [6, 6.07) is 9.17. The maximum absolute atomic E-state index is 13.5. The lowest BCUT2D eigenvalue weighted by Gasteiger charge is -2.40. The van der Waals surface area contributed by atoms with Gasteiger partial charge in [0.1, 0.15) is 11.9 Å². The number of nitrogens with zero attached hydrogens (tertiary/aromatic N) is 5. The Morgan fingerprint density at radius 1 is 1.35 bits per heavy atom. The van der Waals surface area contributed by atoms with Crippen LogP contribution in [0, 0.1) is 23.1 Å². The molecule has 2 aromatic rings. The Labute approximate surface area is 154 Å². The highest BCUT2D eigenvalue weighted by atomic mass is 19.1. The van der Waals surface area contributed by atoms with Gasteiger partial charge in [0.25, 0.3) is 0 Å². The van der Waals surface area contributed by atoms with Crippen LogP contribution in [0.15, 0.2) is 30.5 Å². The lowest BCUT2D eigenvalue weighted by Crippen LogP contribution is -2.41. The third-order valence-corrected chi connectivity index (χ3v) is 5.32. The monoisotopic (exact) mass is 355 g/mol. The van der Waals surface area contributed by atoms with Gasteiger partial charge in [-0.05, 0) is 63.2 Å². The first-order valence-electron chi connectivity index (χ1n) is 9.05. The van der Waals surface area contributed by atoms with Crippen LogP contribution in [0.2, 0.25) is 0 Å². The molecule has 26 heavy (non-hydrogen) atoms. The molecule has 5 nitrogen and oxygen atoms in total. The third kappa shape index (κ3) is 3.95. The van der Waals surface area contributed by atoms with E-state index in [0.717, 1.165) is 18.7 Å². The minimum atomic E-state index is -0.455. The van der Waals surface area contributed by atoms with Gasteiger partial charge < -0.3 is 4.90 Å².